The molecule has 0 unspecified atom stereocenters. The molecule has 1 fully saturated rings. The van der Waals surface area contributed by atoms with Crippen molar-refractivity contribution in [3.05, 3.63) is 22.2 Å². The Kier molecular flexibility index (Phi) is 3.41. The first-order chi connectivity index (χ1) is 7.10. The molecule has 1 aliphatic carbocycles. The molecular weight excluding hydrogens is 292 g/mol. The number of hydrogen-bond acceptors (Lipinski definition) is 3. The Morgan fingerprint density at radius 1 is 1.27 bits per heavy atom. The standard InChI is InChI=1S/C11H13BrOS2/c1-14-9-6-7(11(13)3-4-11)5-8(12)10(9)15-2/h5-6,13H,3-4H2,1-2H3. The average Bonchev–Trinajstić information content (AvgIpc) is 2.96. The summed E-state index contributed by atoms with van der Waals surface area (Å²) in [4.78, 5) is 2.50. The summed E-state index contributed by atoms with van der Waals surface area (Å²) in [6, 6.07) is 4.17. The van der Waals surface area contributed by atoms with E-state index < -0.39 is 5.60 Å². The molecule has 4 heteroatoms. The molecule has 0 amide bonds. The van der Waals surface area contributed by atoms with E-state index in [4.69, 9.17) is 0 Å². The second-order valence-electron chi connectivity index (χ2n) is 3.73. The normalized spacial score (nSPS) is 17.9. The van der Waals surface area contributed by atoms with Crippen LogP contribution in [0.5, 0.6) is 0 Å². The van der Waals surface area contributed by atoms with Crippen molar-refractivity contribution in [2.24, 2.45) is 0 Å². The third kappa shape index (κ3) is 2.23. The van der Waals surface area contributed by atoms with Gasteiger partial charge in [0.1, 0.15) is 0 Å². The number of halogens is 1. The summed E-state index contributed by atoms with van der Waals surface area (Å²) >= 11 is 7.04. The van der Waals surface area contributed by atoms with E-state index in [1.54, 1.807) is 23.5 Å². The van der Waals surface area contributed by atoms with E-state index >= 15 is 0 Å². The van der Waals surface area contributed by atoms with Gasteiger partial charge in [0.05, 0.1) is 5.60 Å². The average molecular weight is 305 g/mol. The predicted molar refractivity (Wildman–Crippen MR) is 70.8 cm³/mol. The summed E-state index contributed by atoms with van der Waals surface area (Å²) in [5.41, 5.74) is 0.515. The number of benzene rings is 1. The third-order valence-electron chi connectivity index (χ3n) is 2.69. The first-order valence-electron chi connectivity index (χ1n) is 4.75. The Morgan fingerprint density at radius 3 is 2.40 bits per heavy atom. The SMILES string of the molecule is CSc1cc(C2(O)CC2)cc(Br)c1SC. The van der Waals surface area contributed by atoms with Gasteiger partial charge in [0, 0.05) is 14.3 Å². The molecule has 1 N–H and O–H groups in total. The molecule has 82 valence electrons. The van der Waals surface area contributed by atoms with Gasteiger partial charge >= 0.3 is 0 Å². The third-order valence-corrected chi connectivity index (χ3v) is 5.32. The van der Waals surface area contributed by atoms with Crippen LogP contribution in [0.25, 0.3) is 0 Å². The smallest absolute Gasteiger partial charge is 0.0899 e. The van der Waals surface area contributed by atoms with Crippen LogP contribution in [0.3, 0.4) is 0 Å². The van der Waals surface area contributed by atoms with Crippen molar-refractivity contribution in [1.29, 1.82) is 0 Å². The Hall–Kier alpha value is 0.360. The van der Waals surface area contributed by atoms with Crippen molar-refractivity contribution in [2.45, 2.75) is 28.2 Å². The first-order valence-corrected chi connectivity index (χ1v) is 7.99. The van der Waals surface area contributed by atoms with Gasteiger partial charge in [-0.15, -0.1) is 23.5 Å². The molecule has 0 spiro atoms. The van der Waals surface area contributed by atoms with Gasteiger partial charge in [0.25, 0.3) is 0 Å². The molecule has 2 rings (SSSR count). The Labute approximate surface area is 107 Å². The molecule has 1 aliphatic rings. The predicted octanol–water partition coefficient (Wildman–Crippen LogP) is 3.87. The summed E-state index contributed by atoms with van der Waals surface area (Å²) in [6.45, 7) is 0. The fourth-order valence-corrected chi connectivity index (χ4v) is 4.22. The molecule has 0 aliphatic heterocycles. The maximum absolute atomic E-state index is 10.1. The van der Waals surface area contributed by atoms with Crippen LogP contribution in [-0.2, 0) is 5.60 Å². The highest BCUT2D eigenvalue weighted by Crippen LogP contribution is 2.48. The minimum Gasteiger partial charge on any atom is -0.385 e. The Bertz CT molecular complexity index is 388. The van der Waals surface area contributed by atoms with Crippen molar-refractivity contribution in [2.75, 3.05) is 12.5 Å². The molecule has 0 bridgehead atoms. The lowest BCUT2D eigenvalue weighted by atomic mass is 10.1. The molecule has 1 nitrogen and oxygen atoms in total. The van der Waals surface area contributed by atoms with E-state index in [0.29, 0.717) is 0 Å². The van der Waals surface area contributed by atoms with Gasteiger partial charge in [0.2, 0.25) is 0 Å². The molecule has 0 radical (unpaired) electrons. The van der Waals surface area contributed by atoms with Gasteiger partial charge in [-0.1, -0.05) is 0 Å². The summed E-state index contributed by atoms with van der Waals surface area (Å²) < 4.78 is 1.09. The van der Waals surface area contributed by atoms with Crippen molar-refractivity contribution in [3.63, 3.8) is 0 Å². The first kappa shape index (κ1) is 11.8. The Balaban J connectivity index is 2.48. The monoisotopic (exact) mass is 304 g/mol. The molecule has 1 saturated carbocycles. The lowest BCUT2D eigenvalue weighted by molar-refractivity contribution is 0.151. The van der Waals surface area contributed by atoms with E-state index in [1.165, 1.54) is 9.79 Å². The minimum absolute atomic E-state index is 0.538. The second-order valence-corrected chi connectivity index (χ2v) is 6.24. The number of hydrogen-bond donors (Lipinski definition) is 1. The molecule has 15 heavy (non-hydrogen) atoms. The number of thioether (sulfide) groups is 2. The van der Waals surface area contributed by atoms with E-state index in [9.17, 15) is 5.11 Å². The summed E-state index contributed by atoms with van der Waals surface area (Å²) in [7, 11) is 0. The topological polar surface area (TPSA) is 20.2 Å². The molecule has 0 aromatic heterocycles. The van der Waals surface area contributed by atoms with Crippen molar-refractivity contribution < 1.29 is 5.11 Å². The molecular formula is C11H13BrOS2. The van der Waals surface area contributed by atoms with E-state index in [0.717, 1.165) is 22.9 Å². The van der Waals surface area contributed by atoms with Crippen LogP contribution in [0.1, 0.15) is 18.4 Å². The maximum Gasteiger partial charge on any atom is 0.0899 e. The van der Waals surface area contributed by atoms with Crippen LogP contribution in [-0.4, -0.2) is 17.6 Å². The van der Waals surface area contributed by atoms with Crippen molar-refractivity contribution in [3.8, 4) is 0 Å². The van der Waals surface area contributed by atoms with Gasteiger partial charge < -0.3 is 5.11 Å². The lowest BCUT2D eigenvalue weighted by Gasteiger charge is -2.14. The highest BCUT2D eigenvalue weighted by atomic mass is 79.9. The number of rotatable bonds is 3. The van der Waals surface area contributed by atoms with Gasteiger partial charge in [-0.2, -0.15) is 0 Å². The summed E-state index contributed by atoms with van der Waals surface area (Å²) in [6.07, 6.45) is 5.94. The van der Waals surface area contributed by atoms with E-state index in [2.05, 4.69) is 40.6 Å². The summed E-state index contributed by atoms with van der Waals surface area (Å²) in [5, 5.41) is 10.1. The quantitative estimate of drug-likeness (QED) is 0.856. The highest BCUT2D eigenvalue weighted by molar-refractivity contribution is 9.10. The number of aliphatic hydroxyl groups is 1. The highest BCUT2D eigenvalue weighted by Gasteiger charge is 2.42. The fourth-order valence-electron chi connectivity index (χ4n) is 1.59. The zero-order valence-corrected chi connectivity index (χ0v) is 11.9. The van der Waals surface area contributed by atoms with Gasteiger partial charge in [0.15, 0.2) is 0 Å². The van der Waals surface area contributed by atoms with Gasteiger partial charge in [-0.25, -0.2) is 0 Å². The molecule has 1 aromatic rings. The van der Waals surface area contributed by atoms with Gasteiger partial charge in [-0.05, 0) is 59.0 Å². The lowest BCUT2D eigenvalue weighted by Crippen LogP contribution is -2.04. The van der Waals surface area contributed by atoms with Gasteiger partial charge in [-0.3, -0.25) is 0 Å². The van der Waals surface area contributed by atoms with Crippen LogP contribution in [0.15, 0.2) is 26.4 Å². The van der Waals surface area contributed by atoms with E-state index in [-0.39, 0.29) is 0 Å². The maximum atomic E-state index is 10.1. The minimum atomic E-state index is -0.538. The zero-order chi connectivity index (χ0) is 11.1. The van der Waals surface area contributed by atoms with E-state index in [1.807, 2.05) is 0 Å². The van der Waals surface area contributed by atoms with Crippen LogP contribution in [0.4, 0.5) is 0 Å². The van der Waals surface area contributed by atoms with Crippen molar-refractivity contribution >= 4 is 39.5 Å². The largest absolute Gasteiger partial charge is 0.385 e. The van der Waals surface area contributed by atoms with Crippen LogP contribution in [0.2, 0.25) is 0 Å². The molecule has 0 heterocycles. The van der Waals surface area contributed by atoms with Crippen molar-refractivity contribution in [1.82, 2.24) is 0 Å². The summed E-state index contributed by atoms with van der Waals surface area (Å²) in [5.74, 6) is 0. The van der Waals surface area contributed by atoms with Crippen LogP contribution < -0.4 is 0 Å². The fraction of sp³-hybridized carbons (Fsp3) is 0.455. The van der Waals surface area contributed by atoms with Crippen LogP contribution in [0, 0.1) is 0 Å². The molecule has 1 aromatic carbocycles. The zero-order valence-electron chi connectivity index (χ0n) is 8.71. The molecule has 0 saturated heterocycles. The molecule has 0 atom stereocenters. The second kappa shape index (κ2) is 4.32. The Morgan fingerprint density at radius 2 is 1.93 bits per heavy atom. The van der Waals surface area contributed by atoms with Crippen LogP contribution >= 0.6 is 39.5 Å².